The van der Waals surface area contributed by atoms with Gasteiger partial charge in [-0.15, -0.1) is 11.6 Å². The van der Waals surface area contributed by atoms with Gasteiger partial charge < -0.3 is 0 Å². The Bertz CT molecular complexity index is 638. The van der Waals surface area contributed by atoms with Gasteiger partial charge in [-0.1, -0.05) is 17.7 Å². The zero-order valence-corrected chi connectivity index (χ0v) is 10.9. The SMILES string of the molecule is Cc1ccc(-n2[nH]c(C)c(C(=O)CCl)c2=O)cc1. The number of nitrogens with one attached hydrogen (secondary N) is 1. The number of alkyl halides is 1. The van der Waals surface area contributed by atoms with Crippen LogP contribution in [0.2, 0.25) is 0 Å². The molecule has 2 aromatic rings. The minimum atomic E-state index is -0.360. The molecule has 5 heteroatoms. The summed E-state index contributed by atoms with van der Waals surface area (Å²) in [7, 11) is 0. The zero-order chi connectivity index (χ0) is 13.3. The van der Waals surface area contributed by atoms with Gasteiger partial charge in [0.15, 0.2) is 5.78 Å². The molecular formula is C13H13ClN2O2. The lowest BCUT2D eigenvalue weighted by molar-refractivity contribution is 0.101. The van der Waals surface area contributed by atoms with E-state index >= 15 is 0 Å². The fourth-order valence-electron chi connectivity index (χ4n) is 1.82. The van der Waals surface area contributed by atoms with Gasteiger partial charge in [-0.3, -0.25) is 14.7 Å². The number of carbonyl (C=O) groups excluding carboxylic acids is 1. The van der Waals surface area contributed by atoms with Crippen LogP contribution in [0.25, 0.3) is 5.69 Å². The highest BCUT2D eigenvalue weighted by molar-refractivity contribution is 6.30. The molecule has 2 rings (SSSR count). The molecule has 0 saturated carbocycles. The van der Waals surface area contributed by atoms with Gasteiger partial charge >= 0.3 is 0 Å². The van der Waals surface area contributed by atoms with E-state index in [0.29, 0.717) is 11.4 Å². The van der Waals surface area contributed by atoms with E-state index in [9.17, 15) is 9.59 Å². The number of H-pyrrole nitrogens is 1. The molecule has 4 nitrogen and oxygen atoms in total. The third kappa shape index (κ3) is 2.11. The summed E-state index contributed by atoms with van der Waals surface area (Å²) in [5.41, 5.74) is 2.10. The van der Waals surface area contributed by atoms with Crippen molar-refractivity contribution in [3.05, 3.63) is 51.4 Å². The molecule has 0 aliphatic heterocycles. The number of aromatic nitrogens is 2. The molecule has 1 aromatic carbocycles. The summed E-state index contributed by atoms with van der Waals surface area (Å²) >= 11 is 5.49. The fraction of sp³-hybridized carbons (Fsp3) is 0.231. The first-order valence-corrected chi connectivity index (χ1v) is 6.06. The molecule has 0 fully saturated rings. The van der Waals surface area contributed by atoms with Gasteiger partial charge in [-0.05, 0) is 26.0 Å². The van der Waals surface area contributed by atoms with Crippen molar-refractivity contribution in [2.75, 3.05) is 5.88 Å². The first kappa shape index (κ1) is 12.6. The minimum absolute atomic E-state index is 0.130. The van der Waals surface area contributed by atoms with Gasteiger partial charge in [-0.2, -0.15) is 0 Å². The predicted molar refractivity (Wildman–Crippen MR) is 70.9 cm³/mol. The second-order valence-corrected chi connectivity index (χ2v) is 4.41. The smallest absolute Gasteiger partial charge is 0.282 e. The average Bonchev–Trinajstić information content (AvgIpc) is 2.65. The van der Waals surface area contributed by atoms with Crippen molar-refractivity contribution in [3.8, 4) is 5.69 Å². The van der Waals surface area contributed by atoms with Crippen molar-refractivity contribution < 1.29 is 4.79 Å². The standard InChI is InChI=1S/C13H13ClN2O2/c1-8-3-5-10(6-4-8)16-13(18)12(9(2)15-16)11(17)7-14/h3-6,15H,7H2,1-2H3. The van der Waals surface area contributed by atoms with Crippen LogP contribution in [0, 0.1) is 13.8 Å². The average molecular weight is 265 g/mol. The van der Waals surface area contributed by atoms with Crippen LogP contribution in [0.1, 0.15) is 21.6 Å². The summed E-state index contributed by atoms with van der Waals surface area (Å²) in [6.07, 6.45) is 0. The maximum atomic E-state index is 12.1. The lowest BCUT2D eigenvalue weighted by Gasteiger charge is -2.01. The zero-order valence-electron chi connectivity index (χ0n) is 10.2. The molecule has 0 bridgehead atoms. The molecule has 0 aliphatic rings. The van der Waals surface area contributed by atoms with Crippen molar-refractivity contribution in [2.24, 2.45) is 0 Å². The first-order chi connectivity index (χ1) is 8.54. The molecule has 0 amide bonds. The monoisotopic (exact) mass is 264 g/mol. The van der Waals surface area contributed by atoms with Crippen molar-refractivity contribution >= 4 is 17.4 Å². The Labute approximate surface area is 109 Å². The molecule has 0 aliphatic carbocycles. The summed E-state index contributed by atoms with van der Waals surface area (Å²) < 4.78 is 1.36. The maximum Gasteiger partial charge on any atom is 0.282 e. The van der Waals surface area contributed by atoms with E-state index in [0.717, 1.165) is 5.56 Å². The number of hydrogen-bond acceptors (Lipinski definition) is 2. The van der Waals surface area contributed by atoms with Crippen molar-refractivity contribution in [3.63, 3.8) is 0 Å². The molecule has 1 N–H and O–H groups in total. The number of ketones is 1. The number of hydrogen-bond donors (Lipinski definition) is 1. The summed E-state index contributed by atoms with van der Waals surface area (Å²) in [5.74, 6) is -0.553. The van der Waals surface area contributed by atoms with Crippen molar-refractivity contribution in [1.29, 1.82) is 0 Å². The normalized spacial score (nSPS) is 10.6. The van der Waals surface area contributed by atoms with Crippen molar-refractivity contribution in [2.45, 2.75) is 13.8 Å². The Morgan fingerprint density at radius 3 is 2.44 bits per heavy atom. The first-order valence-electron chi connectivity index (χ1n) is 5.52. The van der Waals surface area contributed by atoms with Crippen LogP contribution < -0.4 is 5.56 Å². The number of benzene rings is 1. The van der Waals surface area contributed by atoms with E-state index < -0.39 is 0 Å². The summed E-state index contributed by atoms with van der Waals surface area (Å²) in [5, 5.41) is 2.89. The van der Waals surface area contributed by atoms with Gasteiger partial charge in [0, 0.05) is 5.69 Å². The number of halogens is 1. The molecule has 0 atom stereocenters. The third-order valence-corrected chi connectivity index (χ3v) is 3.01. The van der Waals surface area contributed by atoms with Gasteiger partial charge in [-0.25, -0.2) is 4.68 Å². The number of carbonyl (C=O) groups is 1. The maximum absolute atomic E-state index is 12.1. The highest BCUT2D eigenvalue weighted by Gasteiger charge is 2.18. The molecular weight excluding hydrogens is 252 g/mol. The topological polar surface area (TPSA) is 54.9 Å². The fourth-order valence-corrected chi connectivity index (χ4v) is 1.95. The van der Waals surface area contributed by atoms with E-state index in [-0.39, 0.29) is 22.8 Å². The Balaban J connectivity index is 2.57. The predicted octanol–water partition coefficient (Wildman–Crippen LogP) is 2.20. The third-order valence-electron chi connectivity index (χ3n) is 2.76. The Morgan fingerprint density at radius 2 is 1.89 bits per heavy atom. The summed E-state index contributed by atoms with van der Waals surface area (Å²) in [4.78, 5) is 23.7. The largest absolute Gasteiger partial charge is 0.295 e. The van der Waals surface area contributed by atoms with Gasteiger partial charge in [0.25, 0.3) is 5.56 Å². The Hall–Kier alpha value is -1.81. The minimum Gasteiger partial charge on any atom is -0.295 e. The van der Waals surface area contributed by atoms with E-state index in [4.69, 9.17) is 11.6 Å². The van der Waals surface area contributed by atoms with Crippen LogP contribution in [0.4, 0.5) is 0 Å². The van der Waals surface area contributed by atoms with Crippen LogP contribution in [-0.4, -0.2) is 21.4 Å². The molecule has 0 spiro atoms. The van der Waals surface area contributed by atoms with Crippen LogP contribution in [0.3, 0.4) is 0 Å². The number of nitrogens with zero attached hydrogens (tertiary/aromatic N) is 1. The molecule has 18 heavy (non-hydrogen) atoms. The number of rotatable bonds is 3. The molecule has 1 heterocycles. The van der Waals surface area contributed by atoms with Gasteiger partial charge in [0.1, 0.15) is 5.56 Å². The van der Waals surface area contributed by atoms with Gasteiger partial charge in [0.2, 0.25) is 0 Å². The van der Waals surface area contributed by atoms with Crippen LogP contribution in [-0.2, 0) is 0 Å². The lowest BCUT2D eigenvalue weighted by atomic mass is 10.2. The quantitative estimate of drug-likeness (QED) is 0.683. The van der Waals surface area contributed by atoms with E-state index in [1.54, 1.807) is 6.92 Å². The number of Topliss-reactive ketones (excluding diaryl/α,β-unsaturated/α-hetero) is 1. The van der Waals surface area contributed by atoms with E-state index in [2.05, 4.69) is 5.10 Å². The van der Waals surface area contributed by atoms with E-state index in [1.165, 1.54) is 4.68 Å². The van der Waals surface area contributed by atoms with Crippen LogP contribution >= 0.6 is 11.6 Å². The molecule has 0 unspecified atom stereocenters. The lowest BCUT2D eigenvalue weighted by Crippen LogP contribution is -2.20. The van der Waals surface area contributed by atoms with Gasteiger partial charge in [0.05, 0.1) is 11.6 Å². The van der Waals surface area contributed by atoms with Crippen LogP contribution in [0.15, 0.2) is 29.1 Å². The molecule has 0 radical (unpaired) electrons. The Kier molecular flexibility index (Phi) is 3.39. The number of aromatic amines is 1. The summed E-state index contributed by atoms with van der Waals surface area (Å²) in [6.45, 7) is 3.65. The number of aryl methyl sites for hydroxylation is 2. The van der Waals surface area contributed by atoms with Crippen molar-refractivity contribution in [1.82, 2.24) is 9.78 Å². The molecule has 0 saturated heterocycles. The second-order valence-electron chi connectivity index (χ2n) is 4.14. The Morgan fingerprint density at radius 1 is 1.28 bits per heavy atom. The highest BCUT2D eigenvalue weighted by atomic mass is 35.5. The van der Waals surface area contributed by atoms with E-state index in [1.807, 2.05) is 31.2 Å². The van der Waals surface area contributed by atoms with Crippen LogP contribution in [0.5, 0.6) is 0 Å². The highest BCUT2D eigenvalue weighted by Crippen LogP contribution is 2.09. The molecule has 94 valence electrons. The molecule has 1 aromatic heterocycles. The summed E-state index contributed by atoms with van der Waals surface area (Å²) in [6, 6.07) is 7.45. The second kappa shape index (κ2) is 4.82.